The fraction of sp³-hybridized carbons (Fsp3) is 0.0667. The molecule has 2 heteroatoms. The summed E-state index contributed by atoms with van der Waals surface area (Å²) in [5, 5.41) is 1.30. The lowest BCUT2D eigenvalue weighted by Gasteiger charge is -2.29. The highest BCUT2D eigenvalue weighted by molar-refractivity contribution is 6.13. The molecule has 2 aliphatic rings. The van der Waals surface area contributed by atoms with Crippen LogP contribution in [-0.4, -0.2) is 4.57 Å². The van der Waals surface area contributed by atoms with Crippen LogP contribution in [0, 0.1) is 0 Å². The van der Waals surface area contributed by atoms with E-state index in [2.05, 4.69) is 193 Å². The molecule has 1 aromatic heterocycles. The number of fused-ring (bicyclic) bond motifs is 5. The van der Waals surface area contributed by atoms with Gasteiger partial charge < -0.3 is 9.47 Å². The van der Waals surface area contributed by atoms with Gasteiger partial charge in [0.15, 0.2) is 0 Å². The largest absolute Gasteiger partial charge is 0.316 e. The van der Waals surface area contributed by atoms with E-state index in [1.54, 1.807) is 0 Å². The van der Waals surface area contributed by atoms with Gasteiger partial charge in [0.25, 0.3) is 0 Å². The third-order valence-corrected chi connectivity index (χ3v) is 9.22. The SMILES string of the molecule is C\C=C/C(=C\C=C\C1=CC=C(N(c2ccccc2)c2ccccc2)CC1)n1cc2c3c(cccc31)-c1ccccc1-c1ccccc1-2. The van der Waals surface area contributed by atoms with Crippen molar-refractivity contribution < 1.29 is 0 Å². The van der Waals surface area contributed by atoms with Crippen LogP contribution in [0.2, 0.25) is 0 Å². The van der Waals surface area contributed by atoms with Crippen LogP contribution in [0.3, 0.4) is 0 Å². The van der Waals surface area contributed by atoms with Crippen molar-refractivity contribution in [3.05, 3.63) is 187 Å². The zero-order chi connectivity index (χ0) is 31.6. The summed E-state index contributed by atoms with van der Waals surface area (Å²) in [6, 6.07) is 45.6. The first-order chi connectivity index (χ1) is 23.3. The number of hydrogen-bond donors (Lipinski definition) is 0. The van der Waals surface area contributed by atoms with Crippen molar-refractivity contribution in [1.82, 2.24) is 4.57 Å². The molecule has 0 atom stereocenters. The summed E-state index contributed by atoms with van der Waals surface area (Å²) in [6.07, 6.45) is 19.9. The summed E-state index contributed by atoms with van der Waals surface area (Å²) in [5.41, 5.74) is 15.0. The van der Waals surface area contributed by atoms with Gasteiger partial charge in [0.05, 0.1) is 5.52 Å². The Labute approximate surface area is 277 Å². The highest BCUT2D eigenvalue weighted by Gasteiger charge is 2.23. The molecule has 226 valence electrons. The molecule has 0 radical (unpaired) electrons. The summed E-state index contributed by atoms with van der Waals surface area (Å²) < 4.78 is 2.36. The molecule has 0 spiro atoms. The molecule has 2 nitrogen and oxygen atoms in total. The van der Waals surface area contributed by atoms with Crippen LogP contribution < -0.4 is 4.90 Å². The molecule has 2 aliphatic carbocycles. The topological polar surface area (TPSA) is 8.17 Å². The lowest BCUT2D eigenvalue weighted by Crippen LogP contribution is -2.17. The van der Waals surface area contributed by atoms with E-state index in [4.69, 9.17) is 0 Å². The zero-order valence-corrected chi connectivity index (χ0v) is 26.6. The highest BCUT2D eigenvalue weighted by atomic mass is 15.1. The Morgan fingerprint density at radius 3 is 1.77 bits per heavy atom. The van der Waals surface area contributed by atoms with E-state index in [1.807, 2.05) is 0 Å². The third-order valence-electron chi connectivity index (χ3n) is 9.22. The number of para-hydroxylation sites is 2. The van der Waals surface area contributed by atoms with Crippen molar-refractivity contribution in [1.29, 1.82) is 0 Å². The number of anilines is 2. The predicted molar refractivity (Wildman–Crippen MR) is 200 cm³/mol. The minimum Gasteiger partial charge on any atom is -0.316 e. The predicted octanol–water partition coefficient (Wildman–Crippen LogP) is 12.4. The number of aromatic nitrogens is 1. The second-order valence-electron chi connectivity index (χ2n) is 12.1. The van der Waals surface area contributed by atoms with Crippen LogP contribution in [0.4, 0.5) is 11.4 Å². The van der Waals surface area contributed by atoms with Crippen molar-refractivity contribution >= 4 is 28.0 Å². The van der Waals surface area contributed by atoms with Gasteiger partial charge in [-0.2, -0.15) is 0 Å². The van der Waals surface area contributed by atoms with Gasteiger partial charge in [0.1, 0.15) is 0 Å². The van der Waals surface area contributed by atoms with Crippen LogP contribution >= 0.6 is 0 Å². The van der Waals surface area contributed by atoms with E-state index < -0.39 is 0 Å². The van der Waals surface area contributed by atoms with E-state index in [0.717, 1.165) is 18.5 Å². The minimum atomic E-state index is 0.973. The van der Waals surface area contributed by atoms with Crippen LogP contribution in [0.15, 0.2) is 187 Å². The molecule has 0 aliphatic heterocycles. The normalized spacial score (nSPS) is 14.1. The van der Waals surface area contributed by atoms with Crippen LogP contribution in [0.1, 0.15) is 19.8 Å². The lowest BCUT2D eigenvalue weighted by atomic mass is 9.94. The molecule has 0 N–H and O–H groups in total. The van der Waals surface area contributed by atoms with E-state index in [-0.39, 0.29) is 0 Å². The Morgan fingerprint density at radius 2 is 1.17 bits per heavy atom. The van der Waals surface area contributed by atoms with Crippen LogP contribution in [0.25, 0.3) is 50.0 Å². The van der Waals surface area contributed by atoms with E-state index in [9.17, 15) is 0 Å². The van der Waals surface area contributed by atoms with Gasteiger partial charge in [0.2, 0.25) is 0 Å². The maximum Gasteiger partial charge on any atom is 0.0541 e. The molecule has 0 bridgehead atoms. The second kappa shape index (κ2) is 12.5. The maximum absolute atomic E-state index is 2.37. The minimum absolute atomic E-state index is 0.973. The van der Waals surface area contributed by atoms with Gasteiger partial charge >= 0.3 is 0 Å². The fourth-order valence-electron chi connectivity index (χ4n) is 7.09. The molecule has 0 saturated carbocycles. The molecule has 8 rings (SSSR count). The van der Waals surface area contributed by atoms with Crippen LogP contribution in [0.5, 0.6) is 0 Å². The molecule has 5 aromatic carbocycles. The van der Waals surface area contributed by atoms with Gasteiger partial charge in [-0.05, 0) is 102 Å². The van der Waals surface area contributed by atoms with Crippen molar-refractivity contribution in [3.8, 4) is 33.4 Å². The smallest absolute Gasteiger partial charge is 0.0541 e. The van der Waals surface area contributed by atoms with Gasteiger partial charge in [-0.25, -0.2) is 0 Å². The number of allylic oxidation sites excluding steroid dienone is 10. The first kappa shape index (κ1) is 28.6. The van der Waals surface area contributed by atoms with Gasteiger partial charge in [0, 0.05) is 39.9 Å². The molecule has 0 unspecified atom stereocenters. The number of hydrogen-bond acceptors (Lipinski definition) is 1. The molecule has 0 amide bonds. The summed E-state index contributed by atoms with van der Waals surface area (Å²) in [4.78, 5) is 2.37. The van der Waals surface area contributed by atoms with E-state index in [0.29, 0.717) is 0 Å². The fourth-order valence-corrected chi connectivity index (χ4v) is 7.09. The lowest BCUT2D eigenvalue weighted by molar-refractivity contribution is 0.891. The summed E-state index contributed by atoms with van der Waals surface area (Å²) in [7, 11) is 0. The van der Waals surface area contributed by atoms with E-state index in [1.165, 1.54) is 66.9 Å². The second-order valence-corrected chi connectivity index (χ2v) is 12.1. The molecule has 6 aromatic rings. The number of benzene rings is 5. The molecule has 0 fully saturated rings. The first-order valence-electron chi connectivity index (χ1n) is 16.4. The van der Waals surface area contributed by atoms with E-state index >= 15 is 0 Å². The molecule has 0 saturated heterocycles. The summed E-state index contributed by atoms with van der Waals surface area (Å²) in [6.45, 7) is 2.09. The average Bonchev–Trinajstić information content (AvgIpc) is 3.47. The van der Waals surface area contributed by atoms with Crippen molar-refractivity contribution in [3.63, 3.8) is 0 Å². The Kier molecular flexibility index (Phi) is 7.61. The maximum atomic E-state index is 2.37. The van der Waals surface area contributed by atoms with Gasteiger partial charge in [-0.15, -0.1) is 0 Å². The first-order valence-corrected chi connectivity index (χ1v) is 16.4. The van der Waals surface area contributed by atoms with Crippen LogP contribution in [-0.2, 0) is 0 Å². The van der Waals surface area contributed by atoms with Gasteiger partial charge in [-0.3, -0.25) is 0 Å². The van der Waals surface area contributed by atoms with Crippen molar-refractivity contribution in [2.75, 3.05) is 4.90 Å². The highest BCUT2D eigenvalue weighted by Crippen LogP contribution is 2.48. The van der Waals surface area contributed by atoms with Crippen molar-refractivity contribution in [2.24, 2.45) is 0 Å². The molecule has 47 heavy (non-hydrogen) atoms. The Balaban J connectivity index is 1.16. The molecule has 1 heterocycles. The molecular weight excluding hydrogens is 569 g/mol. The quantitative estimate of drug-likeness (QED) is 0.164. The Bertz CT molecular complexity index is 2200. The Morgan fingerprint density at radius 1 is 0.596 bits per heavy atom. The van der Waals surface area contributed by atoms with Gasteiger partial charge in [-0.1, -0.05) is 121 Å². The average molecular weight is 605 g/mol. The monoisotopic (exact) mass is 604 g/mol. The Hall–Kier alpha value is -5.86. The number of rotatable bonds is 7. The number of nitrogens with zero attached hydrogens (tertiary/aromatic N) is 2. The van der Waals surface area contributed by atoms with Crippen molar-refractivity contribution in [2.45, 2.75) is 19.8 Å². The zero-order valence-electron chi connectivity index (χ0n) is 26.6. The molecular formula is C45H36N2. The standard InChI is InChI=1S/C45H36N2/c1-2-15-34(21-13-16-33-28-30-37(31-29-33)47(35-17-5-3-6-18-35)36-19-7-4-8-20-36)46-32-43-41-25-12-10-23-39(41)38-22-9-11-24-40(38)42-26-14-27-44(46)45(42)43/h2-28,30,32H,29,31H2,1H3/b15-2-,16-13+,34-21+. The summed E-state index contributed by atoms with van der Waals surface area (Å²) in [5.74, 6) is 0. The summed E-state index contributed by atoms with van der Waals surface area (Å²) >= 11 is 0. The third kappa shape index (κ3) is 5.28.